The molecule has 2 aromatic heterocycles. The normalized spacial score (nSPS) is 11.3. The van der Waals surface area contributed by atoms with Crippen molar-refractivity contribution in [1.82, 2.24) is 9.97 Å². The molecule has 0 spiro atoms. The lowest BCUT2D eigenvalue weighted by atomic mass is 10.2. The number of hydrogen-bond acceptors (Lipinski definition) is 3. The van der Waals surface area contributed by atoms with Crippen molar-refractivity contribution in [2.24, 2.45) is 0 Å². The maximum atomic E-state index is 13.0. The lowest BCUT2D eigenvalue weighted by Gasteiger charge is -1.94. The summed E-state index contributed by atoms with van der Waals surface area (Å²) in [5.74, 6) is 0.149. The van der Waals surface area contributed by atoms with E-state index in [0.29, 0.717) is 27.9 Å². The number of benzene rings is 2. The van der Waals surface area contributed by atoms with Gasteiger partial charge in [-0.2, -0.15) is 4.98 Å². The smallest absolute Gasteiger partial charge is 0.249 e. The Hall–Kier alpha value is -2.95. The van der Waals surface area contributed by atoms with E-state index >= 15 is 0 Å². The lowest BCUT2D eigenvalue weighted by Crippen LogP contribution is -2.01. The summed E-state index contributed by atoms with van der Waals surface area (Å²) in [6, 6.07) is 12.9. The fraction of sp³-hybridized carbons (Fsp3) is 0. The third kappa shape index (κ3) is 1.82. The molecule has 4 aromatic rings. The minimum absolute atomic E-state index is 0.160. The summed E-state index contributed by atoms with van der Waals surface area (Å²) in [5, 5.41) is 0.499. The van der Waals surface area contributed by atoms with Crippen molar-refractivity contribution >= 4 is 22.2 Å². The van der Waals surface area contributed by atoms with Crippen molar-refractivity contribution in [2.75, 3.05) is 0 Å². The number of nitrogens with one attached hydrogen (secondary N) is 1. The maximum Gasteiger partial charge on any atom is 0.249 e. The summed E-state index contributed by atoms with van der Waals surface area (Å²) in [6.45, 7) is 0. The van der Waals surface area contributed by atoms with E-state index in [1.165, 1.54) is 12.1 Å². The summed E-state index contributed by atoms with van der Waals surface area (Å²) < 4.78 is 18.6. The number of nitrogens with zero attached hydrogens (tertiary/aromatic N) is 1. The van der Waals surface area contributed by atoms with Gasteiger partial charge < -0.3 is 9.40 Å². The molecule has 0 bridgehead atoms. The van der Waals surface area contributed by atoms with Gasteiger partial charge in [-0.15, -0.1) is 0 Å². The maximum absolute atomic E-state index is 13.0. The highest BCUT2D eigenvalue weighted by atomic mass is 19.1. The first-order chi connectivity index (χ1) is 10.2. The van der Waals surface area contributed by atoms with Gasteiger partial charge >= 0.3 is 0 Å². The molecule has 0 aliphatic heterocycles. The van der Waals surface area contributed by atoms with E-state index in [9.17, 15) is 9.18 Å². The van der Waals surface area contributed by atoms with Crippen LogP contribution >= 0.6 is 0 Å². The molecule has 0 aliphatic rings. The van der Waals surface area contributed by atoms with Gasteiger partial charge in [0.2, 0.25) is 11.1 Å². The zero-order valence-electron chi connectivity index (χ0n) is 10.8. The molecule has 0 saturated carbocycles. The number of rotatable bonds is 1. The second-order valence-electron chi connectivity index (χ2n) is 4.70. The Morgan fingerprint density at radius 2 is 1.81 bits per heavy atom. The average molecular weight is 280 g/mol. The van der Waals surface area contributed by atoms with E-state index in [2.05, 4.69) is 9.97 Å². The predicted octanol–water partition coefficient (Wildman–Crippen LogP) is 3.48. The van der Waals surface area contributed by atoms with Crippen molar-refractivity contribution in [1.29, 1.82) is 0 Å². The van der Waals surface area contributed by atoms with Crippen LogP contribution in [0.5, 0.6) is 0 Å². The molecular weight excluding hydrogens is 271 g/mol. The molecule has 5 heteroatoms. The molecule has 0 unspecified atom stereocenters. The summed E-state index contributed by atoms with van der Waals surface area (Å²) in [4.78, 5) is 19.6. The van der Waals surface area contributed by atoms with Crippen molar-refractivity contribution in [3.05, 3.63) is 64.6 Å². The Morgan fingerprint density at radius 3 is 2.62 bits per heavy atom. The summed E-state index contributed by atoms with van der Waals surface area (Å²) in [5.41, 5.74) is 1.58. The van der Waals surface area contributed by atoms with E-state index in [1.807, 2.05) is 0 Å². The van der Waals surface area contributed by atoms with Crippen LogP contribution in [0.15, 0.2) is 57.7 Å². The number of imidazole rings is 1. The fourth-order valence-electron chi connectivity index (χ4n) is 2.31. The zero-order valence-corrected chi connectivity index (χ0v) is 10.8. The van der Waals surface area contributed by atoms with E-state index in [-0.39, 0.29) is 17.0 Å². The molecule has 102 valence electrons. The monoisotopic (exact) mass is 280 g/mol. The van der Waals surface area contributed by atoms with Crippen molar-refractivity contribution in [2.45, 2.75) is 0 Å². The first-order valence-electron chi connectivity index (χ1n) is 6.40. The highest BCUT2D eigenvalue weighted by Gasteiger charge is 2.13. The van der Waals surface area contributed by atoms with Crippen LogP contribution in [-0.2, 0) is 0 Å². The van der Waals surface area contributed by atoms with Gasteiger partial charge in [-0.05, 0) is 36.4 Å². The topological polar surface area (TPSA) is 58.9 Å². The molecule has 4 rings (SSSR count). The Morgan fingerprint density at radius 1 is 1.05 bits per heavy atom. The third-order valence-electron chi connectivity index (χ3n) is 3.35. The average Bonchev–Trinajstić information content (AvgIpc) is 2.92. The van der Waals surface area contributed by atoms with Gasteiger partial charge in [0.25, 0.3) is 0 Å². The van der Waals surface area contributed by atoms with Gasteiger partial charge in [0, 0.05) is 5.56 Å². The quantitative estimate of drug-likeness (QED) is 0.580. The lowest BCUT2D eigenvalue weighted by molar-refractivity contribution is 0.628. The third-order valence-corrected chi connectivity index (χ3v) is 3.35. The molecule has 0 aliphatic carbocycles. The van der Waals surface area contributed by atoms with Gasteiger partial charge in [0.1, 0.15) is 17.2 Å². The number of para-hydroxylation sites is 1. The van der Waals surface area contributed by atoms with Crippen LogP contribution in [0.4, 0.5) is 4.39 Å². The molecule has 4 nitrogen and oxygen atoms in total. The molecule has 0 saturated heterocycles. The number of H-pyrrole nitrogens is 1. The Kier molecular flexibility index (Phi) is 2.41. The van der Waals surface area contributed by atoms with Crippen LogP contribution < -0.4 is 5.43 Å². The first kappa shape index (κ1) is 11.8. The largest absolute Gasteiger partial charge is 0.436 e. The Bertz CT molecular complexity index is 1020. The highest BCUT2D eigenvalue weighted by molar-refractivity contribution is 5.87. The summed E-state index contributed by atoms with van der Waals surface area (Å²) in [6.07, 6.45) is 0. The fourth-order valence-corrected chi connectivity index (χ4v) is 2.31. The van der Waals surface area contributed by atoms with Crippen LogP contribution in [0.3, 0.4) is 0 Å². The molecule has 1 N–H and O–H groups in total. The minimum Gasteiger partial charge on any atom is -0.436 e. The second kappa shape index (κ2) is 4.28. The van der Waals surface area contributed by atoms with Crippen LogP contribution in [0.25, 0.3) is 33.6 Å². The Labute approximate surface area is 117 Å². The van der Waals surface area contributed by atoms with Gasteiger partial charge in [-0.25, -0.2) is 4.39 Å². The van der Waals surface area contributed by atoms with E-state index in [0.717, 1.165) is 0 Å². The molecule has 0 radical (unpaired) electrons. The summed E-state index contributed by atoms with van der Waals surface area (Å²) in [7, 11) is 0. The standard InChI is InChI=1S/C16H9FN2O2/c17-10-7-5-9(6-8-10)15-18-13-14(20)11-3-1-2-4-12(11)21-16(13)19-15/h1-8H,(H,18,19). The van der Waals surface area contributed by atoms with Crippen molar-refractivity contribution in [3.8, 4) is 11.4 Å². The molecule has 2 heterocycles. The molecule has 0 fully saturated rings. The van der Waals surface area contributed by atoms with Crippen LogP contribution in [0.2, 0.25) is 0 Å². The summed E-state index contributed by atoms with van der Waals surface area (Å²) >= 11 is 0. The van der Waals surface area contributed by atoms with E-state index in [1.54, 1.807) is 36.4 Å². The Balaban J connectivity index is 2.01. The van der Waals surface area contributed by atoms with Gasteiger partial charge in [-0.1, -0.05) is 12.1 Å². The van der Waals surface area contributed by atoms with Crippen LogP contribution in [0, 0.1) is 5.82 Å². The molecule has 21 heavy (non-hydrogen) atoms. The predicted molar refractivity (Wildman–Crippen MR) is 77.5 cm³/mol. The van der Waals surface area contributed by atoms with Crippen molar-refractivity contribution in [3.63, 3.8) is 0 Å². The SMILES string of the molecule is O=c1c2ccccc2oc2nc(-c3ccc(F)cc3)[nH]c12. The van der Waals surface area contributed by atoms with E-state index < -0.39 is 0 Å². The van der Waals surface area contributed by atoms with Gasteiger partial charge in [0.05, 0.1) is 5.39 Å². The van der Waals surface area contributed by atoms with E-state index in [4.69, 9.17) is 4.42 Å². The molecular formula is C16H9FN2O2. The number of halogens is 1. The number of aromatic amines is 1. The second-order valence-corrected chi connectivity index (χ2v) is 4.70. The van der Waals surface area contributed by atoms with Crippen LogP contribution in [0.1, 0.15) is 0 Å². The number of hydrogen-bond donors (Lipinski definition) is 1. The highest BCUT2D eigenvalue weighted by Crippen LogP contribution is 2.22. The number of fused-ring (bicyclic) bond motifs is 2. The zero-order chi connectivity index (χ0) is 14.4. The number of aromatic nitrogens is 2. The molecule has 0 atom stereocenters. The van der Waals surface area contributed by atoms with Gasteiger partial charge in [-0.3, -0.25) is 4.79 Å². The van der Waals surface area contributed by atoms with Gasteiger partial charge in [0.15, 0.2) is 5.52 Å². The van der Waals surface area contributed by atoms with Crippen molar-refractivity contribution < 1.29 is 8.81 Å². The molecule has 2 aromatic carbocycles. The van der Waals surface area contributed by atoms with Crippen LogP contribution in [-0.4, -0.2) is 9.97 Å². The first-order valence-corrected chi connectivity index (χ1v) is 6.40. The minimum atomic E-state index is -0.324. The molecule has 0 amide bonds.